The minimum Gasteiger partial charge on any atom is -0.415 e. The fourth-order valence-electron chi connectivity index (χ4n) is 3.20. The van der Waals surface area contributed by atoms with Gasteiger partial charge in [0, 0.05) is 38.8 Å². The molecule has 0 aromatic heterocycles. The van der Waals surface area contributed by atoms with Gasteiger partial charge in [0.2, 0.25) is 0 Å². The van der Waals surface area contributed by atoms with Crippen LogP contribution in [-0.4, -0.2) is 78.4 Å². The molecule has 4 nitrogen and oxygen atoms in total. The second kappa shape index (κ2) is 10.4. The molecule has 1 atom stereocenters. The van der Waals surface area contributed by atoms with E-state index in [2.05, 4.69) is 61.5 Å². The number of hydrogen-bond acceptors (Lipinski definition) is 4. The zero-order valence-electron chi connectivity index (χ0n) is 17.5. The Hall–Kier alpha value is 0.274. The van der Waals surface area contributed by atoms with Crippen molar-refractivity contribution in [2.75, 3.05) is 46.3 Å². The van der Waals surface area contributed by atoms with Crippen molar-refractivity contribution >= 4 is 16.6 Å². The summed E-state index contributed by atoms with van der Waals surface area (Å²) in [6.45, 7) is 21.5. The molecular weight excluding hydrogens is 330 g/mol. The van der Waals surface area contributed by atoms with Gasteiger partial charge in [-0.05, 0) is 52.5 Å². The van der Waals surface area contributed by atoms with Gasteiger partial charge in [-0.2, -0.15) is 0 Å². The summed E-state index contributed by atoms with van der Waals surface area (Å²) in [6, 6.07) is 1.30. The topological polar surface area (TPSA) is 27.7 Å². The molecule has 1 heterocycles. The molecule has 1 aliphatic heterocycles. The van der Waals surface area contributed by atoms with Crippen LogP contribution in [0.3, 0.4) is 0 Å². The van der Waals surface area contributed by atoms with E-state index in [1.807, 2.05) is 0 Å². The molecule has 1 unspecified atom stereocenters. The number of rotatable bonds is 11. The Labute approximate surface area is 153 Å². The Kier molecular flexibility index (Phi) is 9.70. The van der Waals surface area contributed by atoms with Crippen molar-refractivity contribution < 1.29 is 4.43 Å². The highest BCUT2D eigenvalue weighted by Gasteiger charge is 2.25. The van der Waals surface area contributed by atoms with Crippen LogP contribution in [0.15, 0.2) is 0 Å². The van der Waals surface area contributed by atoms with Gasteiger partial charge >= 0.3 is 0 Å². The second-order valence-electron chi connectivity index (χ2n) is 9.12. The van der Waals surface area contributed by atoms with Crippen LogP contribution in [0.1, 0.15) is 26.2 Å². The van der Waals surface area contributed by atoms with Gasteiger partial charge < -0.3 is 19.2 Å². The molecule has 0 radical (unpaired) electrons. The van der Waals surface area contributed by atoms with E-state index < -0.39 is 16.6 Å². The molecule has 1 N–H and O–H groups in total. The third-order valence-corrected chi connectivity index (χ3v) is 10.4. The summed E-state index contributed by atoms with van der Waals surface area (Å²) in [5.41, 5.74) is 0. The van der Waals surface area contributed by atoms with Crippen molar-refractivity contribution in [3.8, 4) is 0 Å². The van der Waals surface area contributed by atoms with Crippen LogP contribution in [0, 0.1) is 0 Å². The van der Waals surface area contributed by atoms with Gasteiger partial charge in [0.25, 0.3) is 0 Å². The maximum atomic E-state index is 6.49. The Bertz CT molecular complexity index is 342. The predicted octanol–water partition coefficient (Wildman–Crippen LogP) is 3.44. The molecule has 1 rings (SSSR count). The summed E-state index contributed by atoms with van der Waals surface area (Å²) < 4.78 is 9.09. The number of hydrogen-bond donors (Lipinski definition) is 1. The van der Waals surface area contributed by atoms with E-state index in [-0.39, 0.29) is 0 Å². The fourth-order valence-corrected chi connectivity index (χ4v) is 6.45. The molecule has 0 aromatic rings. The third kappa shape index (κ3) is 9.68. The molecular formula is C18H43N3OSi2. The highest BCUT2D eigenvalue weighted by molar-refractivity contribution is 6.73. The van der Waals surface area contributed by atoms with Crippen LogP contribution < -0.4 is 5.32 Å². The Morgan fingerprint density at radius 3 is 2.29 bits per heavy atom. The highest BCUT2D eigenvalue weighted by atomic mass is 28.4. The lowest BCUT2D eigenvalue weighted by molar-refractivity contribution is 0.160. The van der Waals surface area contributed by atoms with Crippen LogP contribution in [0.2, 0.25) is 38.8 Å². The van der Waals surface area contributed by atoms with Crippen molar-refractivity contribution in [2.24, 2.45) is 0 Å². The highest BCUT2D eigenvalue weighted by Crippen LogP contribution is 2.19. The fraction of sp³-hybridized carbons (Fsp3) is 1.00. The minimum atomic E-state index is -1.51. The van der Waals surface area contributed by atoms with Crippen molar-refractivity contribution in [3.05, 3.63) is 0 Å². The summed E-state index contributed by atoms with van der Waals surface area (Å²) in [4.78, 5) is 2.57. The second-order valence-corrected chi connectivity index (χ2v) is 18.5. The third-order valence-electron chi connectivity index (χ3n) is 5.25. The standard InChI is InChI=1S/C18H43N3OSi2/c1-18(10-14-21-15-11-19-12-16-21)22-24(6,7)17-9-8-13-20(2)23(3,4)5/h18-19H,8-17H2,1-7H3. The van der Waals surface area contributed by atoms with Crippen molar-refractivity contribution in [2.45, 2.75) is 71.1 Å². The number of piperazine rings is 1. The smallest absolute Gasteiger partial charge is 0.187 e. The van der Waals surface area contributed by atoms with Crippen LogP contribution in [0.4, 0.5) is 0 Å². The molecule has 144 valence electrons. The molecule has 1 fully saturated rings. The average Bonchev–Trinajstić information content (AvgIpc) is 2.49. The normalized spacial score (nSPS) is 19.0. The maximum absolute atomic E-state index is 6.49. The van der Waals surface area contributed by atoms with E-state index in [1.54, 1.807) is 0 Å². The molecule has 1 aliphatic rings. The van der Waals surface area contributed by atoms with E-state index in [9.17, 15) is 0 Å². The number of nitrogens with zero attached hydrogens (tertiary/aromatic N) is 2. The summed E-state index contributed by atoms with van der Waals surface area (Å²) in [5.74, 6) is 0. The zero-order valence-corrected chi connectivity index (χ0v) is 19.5. The van der Waals surface area contributed by atoms with Crippen LogP contribution in [-0.2, 0) is 4.43 Å². The first-order valence-corrected chi connectivity index (χ1v) is 16.5. The molecule has 6 heteroatoms. The summed E-state index contributed by atoms with van der Waals surface area (Å²) in [6.07, 6.45) is 4.22. The molecule has 1 saturated heterocycles. The molecule has 0 bridgehead atoms. The minimum absolute atomic E-state index is 0.409. The van der Waals surface area contributed by atoms with Crippen molar-refractivity contribution in [1.82, 2.24) is 14.8 Å². The Balaban J connectivity index is 2.17. The average molecular weight is 374 g/mol. The van der Waals surface area contributed by atoms with E-state index in [4.69, 9.17) is 4.43 Å². The van der Waals surface area contributed by atoms with Crippen LogP contribution in [0.5, 0.6) is 0 Å². The lowest BCUT2D eigenvalue weighted by atomic mass is 10.2. The van der Waals surface area contributed by atoms with E-state index in [0.717, 1.165) is 13.1 Å². The maximum Gasteiger partial charge on any atom is 0.187 e. The van der Waals surface area contributed by atoms with Gasteiger partial charge in [-0.15, -0.1) is 0 Å². The SMILES string of the molecule is CC(CCN1CCNCC1)O[Si](C)(C)CCCCN(C)[Si](C)(C)C. The molecule has 0 aliphatic carbocycles. The van der Waals surface area contributed by atoms with E-state index in [0.29, 0.717) is 6.10 Å². The summed E-state index contributed by atoms with van der Waals surface area (Å²) in [5, 5.41) is 3.42. The van der Waals surface area contributed by atoms with Gasteiger partial charge in [-0.3, -0.25) is 0 Å². The first-order chi connectivity index (χ1) is 11.1. The van der Waals surface area contributed by atoms with Gasteiger partial charge in [0.15, 0.2) is 8.32 Å². The largest absolute Gasteiger partial charge is 0.415 e. The zero-order chi connectivity index (χ0) is 18.2. The number of unbranched alkanes of at least 4 members (excludes halogenated alkanes) is 1. The Morgan fingerprint density at radius 1 is 1.08 bits per heavy atom. The molecule has 0 aromatic carbocycles. The first-order valence-electron chi connectivity index (χ1n) is 9.92. The molecule has 0 spiro atoms. The van der Waals surface area contributed by atoms with Crippen LogP contribution >= 0.6 is 0 Å². The Morgan fingerprint density at radius 2 is 1.71 bits per heavy atom. The quantitative estimate of drug-likeness (QED) is 0.443. The predicted molar refractivity (Wildman–Crippen MR) is 112 cm³/mol. The molecule has 0 saturated carbocycles. The monoisotopic (exact) mass is 373 g/mol. The lowest BCUT2D eigenvalue weighted by Gasteiger charge is -2.32. The van der Waals surface area contributed by atoms with Crippen molar-refractivity contribution in [3.63, 3.8) is 0 Å². The first kappa shape index (κ1) is 22.3. The molecule has 24 heavy (non-hydrogen) atoms. The van der Waals surface area contributed by atoms with Crippen LogP contribution in [0.25, 0.3) is 0 Å². The summed E-state index contributed by atoms with van der Waals surface area (Å²) >= 11 is 0. The van der Waals surface area contributed by atoms with Crippen molar-refractivity contribution in [1.29, 1.82) is 0 Å². The van der Waals surface area contributed by atoms with Gasteiger partial charge in [0.05, 0.1) is 0 Å². The van der Waals surface area contributed by atoms with E-state index >= 15 is 0 Å². The summed E-state index contributed by atoms with van der Waals surface area (Å²) in [7, 11) is -0.320. The number of nitrogens with one attached hydrogen (secondary N) is 1. The van der Waals surface area contributed by atoms with E-state index in [1.165, 1.54) is 51.5 Å². The lowest BCUT2D eigenvalue weighted by Crippen LogP contribution is -2.45. The van der Waals surface area contributed by atoms with Gasteiger partial charge in [-0.1, -0.05) is 26.1 Å². The van der Waals surface area contributed by atoms with Gasteiger partial charge in [-0.25, -0.2) is 0 Å². The van der Waals surface area contributed by atoms with Gasteiger partial charge in [0.1, 0.15) is 8.24 Å². The molecule has 0 amide bonds.